The van der Waals surface area contributed by atoms with Gasteiger partial charge in [0.2, 0.25) is 6.29 Å². The summed E-state index contributed by atoms with van der Waals surface area (Å²) in [6.45, 7) is 1.51. The van der Waals surface area contributed by atoms with E-state index in [2.05, 4.69) is 0 Å². The van der Waals surface area contributed by atoms with E-state index in [1.165, 1.54) is 50.4 Å². The zero-order chi connectivity index (χ0) is 23.2. The van der Waals surface area contributed by atoms with E-state index in [1.54, 1.807) is 0 Å². The van der Waals surface area contributed by atoms with E-state index in [0.29, 0.717) is 11.3 Å². The number of benzene rings is 2. The van der Waals surface area contributed by atoms with Crippen molar-refractivity contribution in [3.05, 3.63) is 46.6 Å². The third-order valence-electron chi connectivity index (χ3n) is 5.31. The molecule has 0 spiro atoms. The molecule has 1 aliphatic heterocycles. The second kappa shape index (κ2) is 8.32. The normalized spacial score (nSPS) is 25.6. The number of aliphatic hydroxyl groups excluding tert-OH is 3. The van der Waals surface area contributed by atoms with Gasteiger partial charge in [-0.05, 0) is 25.1 Å². The number of aromatic hydroxyl groups is 2. The van der Waals surface area contributed by atoms with Gasteiger partial charge in [0.1, 0.15) is 46.5 Å². The lowest BCUT2D eigenvalue weighted by atomic mass is 10.00. The van der Waals surface area contributed by atoms with Crippen LogP contribution in [0.3, 0.4) is 0 Å². The molecule has 1 aliphatic rings. The van der Waals surface area contributed by atoms with Crippen LogP contribution in [-0.4, -0.2) is 63.3 Å². The maximum Gasteiger partial charge on any atom is 0.229 e. The van der Waals surface area contributed by atoms with Crippen LogP contribution in [0.15, 0.2) is 45.6 Å². The molecule has 1 aromatic heterocycles. The number of hydrogen-bond donors (Lipinski definition) is 5. The lowest BCUT2D eigenvalue weighted by Gasteiger charge is -2.38. The highest BCUT2D eigenvalue weighted by Gasteiger charge is 2.43. The first kappa shape index (κ1) is 21.9. The molecule has 0 amide bonds. The number of aliphatic hydroxyl groups is 3. The fourth-order valence-electron chi connectivity index (χ4n) is 3.51. The highest BCUT2D eigenvalue weighted by atomic mass is 16.7. The average Bonchev–Trinajstić information content (AvgIpc) is 2.76. The molecule has 2 aromatic carbocycles. The minimum Gasteiger partial charge on any atom is -0.507 e. The van der Waals surface area contributed by atoms with Crippen molar-refractivity contribution in [2.45, 2.75) is 37.6 Å². The van der Waals surface area contributed by atoms with Crippen molar-refractivity contribution in [1.82, 2.24) is 0 Å². The molecule has 0 bridgehead atoms. The van der Waals surface area contributed by atoms with E-state index in [1.807, 2.05) is 0 Å². The minimum absolute atomic E-state index is 0.00275. The van der Waals surface area contributed by atoms with Crippen LogP contribution in [0.1, 0.15) is 6.92 Å². The predicted molar refractivity (Wildman–Crippen MR) is 111 cm³/mol. The maximum absolute atomic E-state index is 12.5. The van der Waals surface area contributed by atoms with Crippen LogP contribution in [0.25, 0.3) is 22.3 Å². The number of phenolic OH excluding ortho intramolecular Hbond substituents is 2. The average molecular weight is 446 g/mol. The molecule has 1 saturated heterocycles. The molecule has 0 saturated carbocycles. The summed E-state index contributed by atoms with van der Waals surface area (Å²) in [5.74, 6) is -0.259. The fraction of sp³-hybridized carbons (Fsp3) is 0.318. The van der Waals surface area contributed by atoms with Gasteiger partial charge in [0.15, 0.2) is 16.9 Å². The van der Waals surface area contributed by atoms with Gasteiger partial charge in [0, 0.05) is 23.8 Å². The van der Waals surface area contributed by atoms with Gasteiger partial charge in [-0.1, -0.05) is 0 Å². The summed E-state index contributed by atoms with van der Waals surface area (Å²) < 4.78 is 21.7. The predicted octanol–water partition coefficient (Wildman–Crippen LogP) is 1.09. The topological polar surface area (TPSA) is 159 Å². The van der Waals surface area contributed by atoms with Gasteiger partial charge < -0.3 is 44.2 Å². The standard InChI is InChI=1S/C22H22O10/c1-9-19(26)20(27)21(28)22(30-9)32-15-4-3-10(5-12(15)23)16-8-14(25)18-13(24)6-11(29-2)7-17(18)31-16/h3-9,19-24,26-28H,1-2H3/t9-,19-,20+,21+,22+/m0/s1. The zero-order valence-electron chi connectivity index (χ0n) is 17.1. The van der Waals surface area contributed by atoms with Crippen molar-refractivity contribution < 1.29 is 44.2 Å². The Morgan fingerprint density at radius 2 is 1.69 bits per heavy atom. The van der Waals surface area contributed by atoms with Gasteiger partial charge in [-0.25, -0.2) is 0 Å². The van der Waals surface area contributed by atoms with E-state index in [4.69, 9.17) is 18.6 Å². The van der Waals surface area contributed by atoms with Crippen molar-refractivity contribution in [1.29, 1.82) is 0 Å². The summed E-state index contributed by atoms with van der Waals surface area (Å²) in [6, 6.07) is 8.09. The molecule has 4 rings (SSSR count). The number of phenols is 2. The molecular weight excluding hydrogens is 424 g/mol. The first-order valence-corrected chi connectivity index (χ1v) is 9.74. The van der Waals surface area contributed by atoms with Gasteiger partial charge >= 0.3 is 0 Å². The van der Waals surface area contributed by atoms with Gasteiger partial charge in [0.25, 0.3) is 0 Å². The Bertz CT molecular complexity index is 1200. The summed E-state index contributed by atoms with van der Waals surface area (Å²) in [5.41, 5.74) is -0.0454. The number of fused-ring (bicyclic) bond motifs is 1. The van der Waals surface area contributed by atoms with E-state index in [-0.39, 0.29) is 34.0 Å². The second-order valence-electron chi connectivity index (χ2n) is 7.48. The van der Waals surface area contributed by atoms with Crippen LogP contribution >= 0.6 is 0 Å². The Labute approximate surface area is 181 Å². The molecule has 170 valence electrons. The van der Waals surface area contributed by atoms with Gasteiger partial charge in [0.05, 0.1) is 13.2 Å². The highest BCUT2D eigenvalue weighted by Crippen LogP contribution is 2.36. The molecule has 10 nitrogen and oxygen atoms in total. The fourth-order valence-corrected chi connectivity index (χ4v) is 3.51. The molecule has 2 heterocycles. The summed E-state index contributed by atoms with van der Waals surface area (Å²) in [4.78, 5) is 12.5. The number of ether oxygens (including phenoxy) is 3. The quantitative estimate of drug-likeness (QED) is 0.393. The molecule has 0 unspecified atom stereocenters. The van der Waals surface area contributed by atoms with Crippen LogP contribution in [0.2, 0.25) is 0 Å². The summed E-state index contributed by atoms with van der Waals surface area (Å²) in [7, 11) is 1.41. The Morgan fingerprint density at radius 3 is 2.38 bits per heavy atom. The molecule has 5 atom stereocenters. The molecule has 1 fully saturated rings. The minimum atomic E-state index is -1.54. The maximum atomic E-state index is 12.5. The van der Waals surface area contributed by atoms with Crippen LogP contribution in [-0.2, 0) is 4.74 Å². The monoisotopic (exact) mass is 446 g/mol. The molecule has 0 radical (unpaired) electrons. The summed E-state index contributed by atoms with van der Waals surface area (Å²) >= 11 is 0. The third-order valence-corrected chi connectivity index (χ3v) is 5.31. The lowest BCUT2D eigenvalue weighted by molar-refractivity contribution is -0.268. The summed E-state index contributed by atoms with van der Waals surface area (Å²) in [6.07, 6.45) is -6.43. The second-order valence-corrected chi connectivity index (χ2v) is 7.48. The Hall–Kier alpha value is -3.31. The van der Waals surface area contributed by atoms with Crippen molar-refractivity contribution in [2.24, 2.45) is 0 Å². The van der Waals surface area contributed by atoms with Gasteiger partial charge in [-0.2, -0.15) is 0 Å². The van der Waals surface area contributed by atoms with E-state index < -0.39 is 36.1 Å². The highest BCUT2D eigenvalue weighted by molar-refractivity contribution is 5.86. The molecule has 10 heteroatoms. The third kappa shape index (κ3) is 3.84. The lowest BCUT2D eigenvalue weighted by Crippen LogP contribution is -2.58. The summed E-state index contributed by atoms with van der Waals surface area (Å²) in [5, 5.41) is 50.2. The van der Waals surface area contributed by atoms with Crippen molar-refractivity contribution in [3.63, 3.8) is 0 Å². The Morgan fingerprint density at radius 1 is 0.938 bits per heavy atom. The van der Waals surface area contributed by atoms with Crippen LogP contribution in [0, 0.1) is 0 Å². The molecule has 0 aliphatic carbocycles. The van der Waals surface area contributed by atoms with Crippen LogP contribution < -0.4 is 14.9 Å². The van der Waals surface area contributed by atoms with Crippen LogP contribution in [0.4, 0.5) is 0 Å². The van der Waals surface area contributed by atoms with Crippen molar-refractivity contribution >= 4 is 11.0 Å². The van der Waals surface area contributed by atoms with E-state index in [9.17, 15) is 30.3 Å². The number of rotatable bonds is 4. The molecular formula is C22H22O10. The molecule has 32 heavy (non-hydrogen) atoms. The zero-order valence-corrected chi connectivity index (χ0v) is 17.1. The van der Waals surface area contributed by atoms with Gasteiger partial charge in [-0.15, -0.1) is 0 Å². The Kier molecular flexibility index (Phi) is 5.70. The Balaban J connectivity index is 1.65. The number of hydrogen-bond acceptors (Lipinski definition) is 10. The first-order valence-electron chi connectivity index (χ1n) is 9.74. The molecule has 5 N–H and O–H groups in total. The van der Waals surface area contributed by atoms with Crippen LogP contribution in [0.5, 0.6) is 23.0 Å². The largest absolute Gasteiger partial charge is 0.507 e. The van der Waals surface area contributed by atoms with Gasteiger partial charge in [-0.3, -0.25) is 4.79 Å². The van der Waals surface area contributed by atoms with Crippen molar-refractivity contribution in [2.75, 3.05) is 7.11 Å². The van der Waals surface area contributed by atoms with E-state index in [0.717, 1.165) is 0 Å². The smallest absolute Gasteiger partial charge is 0.229 e. The first-order chi connectivity index (χ1) is 15.2. The van der Waals surface area contributed by atoms with Crippen molar-refractivity contribution in [3.8, 4) is 34.3 Å². The number of methoxy groups -OCH3 is 1. The van der Waals surface area contributed by atoms with E-state index >= 15 is 0 Å². The molecule has 3 aromatic rings. The SMILES string of the molecule is COc1cc(O)c2c(=O)cc(-c3ccc(O[C@H]4O[C@@H](C)[C@H](O)[C@@H](O)[C@H]4O)c(O)c3)oc2c1.